The van der Waals surface area contributed by atoms with Crippen molar-refractivity contribution in [1.29, 1.82) is 0 Å². The fourth-order valence-corrected chi connectivity index (χ4v) is 3.46. The van der Waals surface area contributed by atoms with E-state index in [0.717, 1.165) is 6.07 Å². The van der Waals surface area contributed by atoms with E-state index >= 15 is 0 Å². The van der Waals surface area contributed by atoms with Gasteiger partial charge < -0.3 is 0 Å². The first-order valence-corrected chi connectivity index (χ1v) is 7.81. The van der Waals surface area contributed by atoms with Crippen molar-refractivity contribution in [3.8, 4) is 0 Å². The second-order valence-electron chi connectivity index (χ2n) is 3.52. The van der Waals surface area contributed by atoms with Gasteiger partial charge in [0.15, 0.2) is 0 Å². The summed E-state index contributed by atoms with van der Waals surface area (Å²) >= 11 is 16.8. The van der Waals surface area contributed by atoms with Crippen LogP contribution in [-0.2, 0) is 10.0 Å². The van der Waals surface area contributed by atoms with Gasteiger partial charge in [-0.3, -0.25) is 0 Å². The minimum Gasteiger partial charge on any atom is -0.209 e. The maximum absolute atomic E-state index is 12.4. The third-order valence-electron chi connectivity index (χ3n) is 2.20. The number of rotatable bonds is 6. The van der Waals surface area contributed by atoms with E-state index in [9.17, 15) is 17.2 Å². The van der Waals surface area contributed by atoms with Gasteiger partial charge in [-0.25, -0.2) is 17.2 Å². The molecular formula is C10H10Cl3F2NO2S. The van der Waals surface area contributed by atoms with Gasteiger partial charge in [0.2, 0.25) is 10.0 Å². The lowest BCUT2D eigenvalue weighted by atomic mass is 10.4. The molecule has 0 saturated carbocycles. The van der Waals surface area contributed by atoms with Crippen LogP contribution in [0.15, 0.2) is 23.1 Å². The Labute approximate surface area is 125 Å². The van der Waals surface area contributed by atoms with Crippen molar-refractivity contribution >= 4 is 44.8 Å². The molecule has 0 aliphatic heterocycles. The summed E-state index contributed by atoms with van der Waals surface area (Å²) in [5.41, 5.74) is 0. The summed E-state index contributed by atoms with van der Waals surface area (Å²) in [5, 5.41) is 0.212. The number of alkyl halides is 3. The van der Waals surface area contributed by atoms with Crippen molar-refractivity contribution in [2.45, 2.75) is 11.3 Å². The second-order valence-corrected chi connectivity index (χ2v) is 6.65. The molecule has 1 rings (SSSR count). The van der Waals surface area contributed by atoms with Crippen molar-refractivity contribution in [1.82, 2.24) is 4.31 Å². The lowest BCUT2D eigenvalue weighted by Gasteiger charge is -2.20. The zero-order valence-electron chi connectivity index (χ0n) is 9.49. The standard InChI is InChI=1S/C10H10Cl3F2NO2S/c11-3-4-16(6-10(14)15)19(17,18)7-1-2-8(12)9(13)5-7/h1-2,5,10H,3-4,6H2. The molecule has 0 saturated heterocycles. The number of sulfonamides is 1. The Morgan fingerprint density at radius 1 is 1.21 bits per heavy atom. The molecule has 3 nitrogen and oxygen atoms in total. The molecule has 1 aromatic rings. The van der Waals surface area contributed by atoms with Crippen molar-refractivity contribution < 1.29 is 17.2 Å². The van der Waals surface area contributed by atoms with Crippen LogP contribution in [0.25, 0.3) is 0 Å². The molecule has 0 bridgehead atoms. The van der Waals surface area contributed by atoms with Gasteiger partial charge in [0.25, 0.3) is 6.43 Å². The van der Waals surface area contributed by atoms with Gasteiger partial charge >= 0.3 is 0 Å². The van der Waals surface area contributed by atoms with Gasteiger partial charge in [0.1, 0.15) is 0 Å². The van der Waals surface area contributed by atoms with Crippen LogP contribution < -0.4 is 0 Å². The minimum atomic E-state index is -4.07. The molecule has 1 aromatic carbocycles. The summed E-state index contributed by atoms with van der Waals surface area (Å²) < 4.78 is 49.7. The maximum Gasteiger partial charge on any atom is 0.252 e. The molecule has 0 amide bonds. The molecule has 0 aliphatic carbocycles. The minimum absolute atomic E-state index is 0.0330. The van der Waals surface area contributed by atoms with Gasteiger partial charge in [0, 0.05) is 12.4 Å². The third-order valence-corrected chi connectivity index (χ3v) is 4.97. The first-order valence-electron chi connectivity index (χ1n) is 5.08. The van der Waals surface area contributed by atoms with E-state index in [4.69, 9.17) is 34.8 Å². The molecule has 9 heteroatoms. The van der Waals surface area contributed by atoms with Crippen LogP contribution in [-0.4, -0.2) is 38.1 Å². The molecule has 0 N–H and O–H groups in total. The molecule has 0 atom stereocenters. The summed E-state index contributed by atoms with van der Waals surface area (Å²) in [4.78, 5) is -0.201. The van der Waals surface area contributed by atoms with E-state index in [1.54, 1.807) is 0 Å². The number of hydrogen-bond acceptors (Lipinski definition) is 2. The second kappa shape index (κ2) is 7.04. The van der Waals surface area contributed by atoms with Crippen LogP contribution >= 0.6 is 34.8 Å². The summed E-state index contributed by atoms with van der Waals surface area (Å²) in [6, 6.07) is 3.61. The van der Waals surface area contributed by atoms with E-state index in [1.807, 2.05) is 0 Å². The summed E-state index contributed by atoms with van der Waals surface area (Å²) in [5.74, 6) is -0.0900. The van der Waals surface area contributed by atoms with Crippen molar-refractivity contribution in [3.63, 3.8) is 0 Å². The molecule has 0 radical (unpaired) electrons. The fourth-order valence-electron chi connectivity index (χ4n) is 1.34. The van der Waals surface area contributed by atoms with Crippen LogP contribution in [0.4, 0.5) is 8.78 Å². The molecule has 0 spiro atoms. The maximum atomic E-state index is 12.4. The highest BCUT2D eigenvalue weighted by Crippen LogP contribution is 2.26. The van der Waals surface area contributed by atoms with Crippen LogP contribution in [0, 0.1) is 0 Å². The smallest absolute Gasteiger partial charge is 0.209 e. The van der Waals surface area contributed by atoms with E-state index in [1.165, 1.54) is 12.1 Å². The first-order chi connectivity index (χ1) is 8.78. The predicted molar refractivity (Wildman–Crippen MR) is 71.9 cm³/mol. The van der Waals surface area contributed by atoms with E-state index in [2.05, 4.69) is 0 Å². The first kappa shape index (κ1) is 16.9. The molecule has 0 aromatic heterocycles. The Morgan fingerprint density at radius 3 is 2.32 bits per heavy atom. The average Bonchev–Trinajstić information content (AvgIpc) is 2.31. The molecule has 0 heterocycles. The van der Waals surface area contributed by atoms with Crippen LogP contribution in [0.5, 0.6) is 0 Å². The Morgan fingerprint density at radius 2 is 1.84 bits per heavy atom. The third kappa shape index (κ3) is 4.43. The van der Waals surface area contributed by atoms with Gasteiger partial charge in [-0.15, -0.1) is 11.6 Å². The Hall–Kier alpha value is -0.140. The quantitative estimate of drug-likeness (QED) is 0.735. The van der Waals surface area contributed by atoms with E-state index in [-0.39, 0.29) is 27.4 Å². The van der Waals surface area contributed by atoms with Crippen molar-refractivity contribution in [2.24, 2.45) is 0 Å². The zero-order chi connectivity index (χ0) is 14.6. The molecule has 0 aliphatic rings. The fraction of sp³-hybridized carbons (Fsp3) is 0.400. The summed E-state index contributed by atoms with van der Waals surface area (Å²) in [7, 11) is -4.07. The van der Waals surface area contributed by atoms with Crippen LogP contribution in [0.3, 0.4) is 0 Å². The highest BCUT2D eigenvalue weighted by molar-refractivity contribution is 7.89. The van der Waals surface area contributed by atoms with E-state index in [0.29, 0.717) is 4.31 Å². The summed E-state index contributed by atoms with van der Waals surface area (Å²) in [6.07, 6.45) is -2.79. The van der Waals surface area contributed by atoms with Crippen molar-refractivity contribution in [2.75, 3.05) is 19.0 Å². The van der Waals surface area contributed by atoms with Crippen LogP contribution in [0.2, 0.25) is 10.0 Å². The normalized spacial score (nSPS) is 12.4. The van der Waals surface area contributed by atoms with E-state index < -0.39 is 23.0 Å². The zero-order valence-corrected chi connectivity index (χ0v) is 12.6. The van der Waals surface area contributed by atoms with Gasteiger partial charge in [0.05, 0.1) is 21.5 Å². The van der Waals surface area contributed by atoms with Gasteiger partial charge in [-0.2, -0.15) is 4.31 Å². The monoisotopic (exact) mass is 351 g/mol. The number of benzene rings is 1. The SMILES string of the molecule is O=S(=O)(c1ccc(Cl)c(Cl)c1)N(CCCl)CC(F)F. The van der Waals surface area contributed by atoms with Gasteiger partial charge in [-0.05, 0) is 18.2 Å². The molecule has 19 heavy (non-hydrogen) atoms. The average molecular weight is 353 g/mol. The predicted octanol–water partition coefficient (Wildman–Crippen LogP) is 3.49. The largest absolute Gasteiger partial charge is 0.252 e. The molecule has 0 fully saturated rings. The van der Waals surface area contributed by atoms with Crippen molar-refractivity contribution in [3.05, 3.63) is 28.2 Å². The molecule has 0 unspecified atom stereocenters. The number of halogens is 5. The van der Waals surface area contributed by atoms with Crippen LogP contribution in [0.1, 0.15) is 0 Å². The Kier molecular flexibility index (Phi) is 6.26. The lowest BCUT2D eigenvalue weighted by molar-refractivity contribution is 0.121. The number of nitrogens with zero attached hydrogens (tertiary/aromatic N) is 1. The topological polar surface area (TPSA) is 37.4 Å². The highest BCUT2D eigenvalue weighted by Gasteiger charge is 2.27. The number of hydrogen-bond donors (Lipinski definition) is 0. The summed E-state index contributed by atoms with van der Waals surface area (Å²) in [6.45, 7) is -1.14. The Bertz CT molecular complexity index is 540. The molecular weight excluding hydrogens is 343 g/mol. The Balaban J connectivity index is 3.14. The lowest BCUT2D eigenvalue weighted by Crippen LogP contribution is -2.36. The molecule has 108 valence electrons. The highest BCUT2D eigenvalue weighted by atomic mass is 35.5. The van der Waals surface area contributed by atoms with Gasteiger partial charge in [-0.1, -0.05) is 23.2 Å².